The smallest absolute Gasteiger partial charge is 0.311 e. The van der Waals surface area contributed by atoms with Crippen molar-refractivity contribution in [3.05, 3.63) is 24.3 Å². The number of quaternary nitrogens is 1. The van der Waals surface area contributed by atoms with Crippen LogP contribution in [0.5, 0.6) is 5.75 Å². The number of esters is 1. The Morgan fingerprint density at radius 1 is 0.933 bits per heavy atom. The summed E-state index contributed by atoms with van der Waals surface area (Å²) < 4.78 is 36.6. The lowest BCUT2D eigenvalue weighted by molar-refractivity contribution is -0.775. The minimum Gasteiger partial charge on any atom is -0.744 e. The highest BCUT2D eigenvalue weighted by atomic mass is 32.2. The number of hydrogen-bond donors (Lipinski definition) is 1. The number of unbranched alkanes of at least 4 members (excludes halogenated alkanes) is 8. The summed E-state index contributed by atoms with van der Waals surface area (Å²) in [6.07, 6.45) is 12.6. The van der Waals surface area contributed by atoms with E-state index in [1.165, 1.54) is 69.6 Å². The first kappa shape index (κ1) is 28.2. The van der Waals surface area contributed by atoms with Crippen LogP contribution in [0.2, 0.25) is 0 Å². The van der Waals surface area contributed by atoms with Gasteiger partial charge < -0.3 is 9.29 Å². The molecule has 8 heteroatoms. The Morgan fingerprint density at radius 3 is 1.90 bits per heavy atom. The lowest BCUT2D eigenvalue weighted by atomic mass is 10.1. The van der Waals surface area contributed by atoms with Gasteiger partial charge >= 0.3 is 11.9 Å². The SMILES string of the molecule is CC(=O)Oc1ccccc1S(=O)(=O)[O-].CCCCCCCCCCCC(=O)[NH+](C)C. The second-order valence-electron chi connectivity index (χ2n) is 7.50. The maximum absolute atomic E-state index is 11.3. The van der Waals surface area contributed by atoms with Gasteiger partial charge in [0, 0.05) is 6.92 Å². The van der Waals surface area contributed by atoms with Crippen molar-refractivity contribution >= 4 is 22.0 Å². The highest BCUT2D eigenvalue weighted by molar-refractivity contribution is 7.85. The number of amides is 1. The van der Waals surface area contributed by atoms with Gasteiger partial charge in [-0.3, -0.25) is 9.69 Å². The van der Waals surface area contributed by atoms with Crippen molar-refractivity contribution in [1.29, 1.82) is 0 Å². The van der Waals surface area contributed by atoms with E-state index < -0.39 is 21.0 Å². The largest absolute Gasteiger partial charge is 0.744 e. The van der Waals surface area contributed by atoms with Crippen LogP contribution in [-0.4, -0.2) is 38.9 Å². The van der Waals surface area contributed by atoms with E-state index in [0.29, 0.717) is 5.91 Å². The van der Waals surface area contributed by atoms with Gasteiger partial charge in [0.2, 0.25) is 0 Å². The number of carbonyl (C=O) groups is 2. The molecule has 0 spiro atoms. The molecule has 1 amide bonds. The summed E-state index contributed by atoms with van der Waals surface area (Å²) >= 11 is 0. The average molecular weight is 444 g/mol. The topological polar surface area (TPSA) is 105 Å². The van der Waals surface area contributed by atoms with Crippen molar-refractivity contribution in [2.45, 2.75) is 83.0 Å². The van der Waals surface area contributed by atoms with Gasteiger partial charge in [-0.15, -0.1) is 0 Å². The van der Waals surface area contributed by atoms with Crippen LogP contribution in [0.1, 0.15) is 78.1 Å². The third-order valence-corrected chi connectivity index (χ3v) is 5.31. The van der Waals surface area contributed by atoms with E-state index in [1.54, 1.807) is 0 Å². The number of benzene rings is 1. The van der Waals surface area contributed by atoms with E-state index >= 15 is 0 Å². The summed E-state index contributed by atoms with van der Waals surface area (Å²) in [7, 11) is -0.781. The summed E-state index contributed by atoms with van der Waals surface area (Å²) in [4.78, 5) is 22.3. The Balaban J connectivity index is 0.000000564. The van der Waals surface area contributed by atoms with Crippen LogP contribution in [0, 0.1) is 0 Å². The van der Waals surface area contributed by atoms with E-state index in [-0.39, 0.29) is 5.75 Å². The molecule has 0 heterocycles. The van der Waals surface area contributed by atoms with Crippen LogP contribution in [0.4, 0.5) is 0 Å². The molecule has 7 nitrogen and oxygen atoms in total. The lowest BCUT2D eigenvalue weighted by Crippen LogP contribution is -3.08. The highest BCUT2D eigenvalue weighted by Crippen LogP contribution is 2.22. The molecule has 1 aromatic carbocycles. The number of ether oxygens (including phenoxy) is 1. The van der Waals surface area contributed by atoms with Crippen LogP contribution in [-0.2, 0) is 19.7 Å². The minimum absolute atomic E-state index is 0.241. The van der Waals surface area contributed by atoms with Crippen molar-refractivity contribution in [3.63, 3.8) is 0 Å². The Morgan fingerprint density at radius 2 is 1.43 bits per heavy atom. The fraction of sp³-hybridized carbons (Fsp3) is 0.636. The lowest BCUT2D eigenvalue weighted by Gasteiger charge is -2.11. The van der Waals surface area contributed by atoms with Crippen LogP contribution in [0.15, 0.2) is 29.2 Å². The third-order valence-electron chi connectivity index (χ3n) is 4.44. The van der Waals surface area contributed by atoms with E-state index in [1.807, 2.05) is 14.1 Å². The second kappa shape index (κ2) is 16.0. The molecule has 0 aliphatic rings. The predicted octanol–water partition coefficient (Wildman–Crippen LogP) is 3.09. The summed E-state index contributed by atoms with van der Waals surface area (Å²) in [5.74, 6) is -0.570. The van der Waals surface area contributed by atoms with E-state index in [0.717, 1.165) is 30.7 Å². The molecule has 0 atom stereocenters. The van der Waals surface area contributed by atoms with E-state index in [4.69, 9.17) is 0 Å². The van der Waals surface area contributed by atoms with Gasteiger partial charge in [0.15, 0.2) is 0 Å². The van der Waals surface area contributed by atoms with Gasteiger partial charge in [0.05, 0.1) is 25.4 Å². The summed E-state index contributed by atoms with van der Waals surface area (Å²) in [6.45, 7) is 3.37. The summed E-state index contributed by atoms with van der Waals surface area (Å²) in [5, 5.41) is 0. The average Bonchev–Trinajstić information content (AvgIpc) is 2.66. The first-order chi connectivity index (χ1) is 14.1. The zero-order chi connectivity index (χ0) is 23.0. The molecular formula is C22H37NO6S. The Bertz CT molecular complexity index is 731. The van der Waals surface area contributed by atoms with Gasteiger partial charge in [-0.1, -0.05) is 70.4 Å². The number of rotatable bonds is 12. The van der Waals surface area contributed by atoms with Gasteiger partial charge in [-0.25, -0.2) is 13.2 Å². The van der Waals surface area contributed by atoms with Crippen molar-refractivity contribution in [3.8, 4) is 5.75 Å². The maximum Gasteiger partial charge on any atom is 0.311 e. The molecule has 0 aromatic heterocycles. The van der Waals surface area contributed by atoms with E-state index in [9.17, 15) is 22.6 Å². The molecule has 172 valence electrons. The van der Waals surface area contributed by atoms with Crippen LogP contribution in [0.3, 0.4) is 0 Å². The molecule has 0 saturated carbocycles. The second-order valence-corrected chi connectivity index (χ2v) is 8.84. The number of para-hydroxylation sites is 1. The Labute approximate surface area is 181 Å². The molecule has 0 bridgehead atoms. The summed E-state index contributed by atoms with van der Waals surface area (Å²) in [5.41, 5.74) is 0. The number of nitrogens with one attached hydrogen (secondary N) is 1. The molecule has 0 fully saturated rings. The Hall–Kier alpha value is -1.77. The zero-order valence-corrected chi connectivity index (χ0v) is 19.6. The Kier molecular flexibility index (Phi) is 15.0. The van der Waals surface area contributed by atoms with Gasteiger partial charge in [-0.05, 0) is 18.6 Å². The molecule has 1 aromatic rings. The van der Waals surface area contributed by atoms with Gasteiger partial charge in [0.25, 0.3) is 0 Å². The molecular weight excluding hydrogens is 406 g/mol. The van der Waals surface area contributed by atoms with Crippen LogP contribution < -0.4 is 9.64 Å². The zero-order valence-electron chi connectivity index (χ0n) is 18.7. The fourth-order valence-corrected chi connectivity index (χ4v) is 3.34. The van der Waals surface area contributed by atoms with E-state index in [2.05, 4.69) is 11.7 Å². The normalized spacial score (nSPS) is 11.0. The number of hydrogen-bond acceptors (Lipinski definition) is 6. The molecule has 0 saturated heterocycles. The van der Waals surface area contributed by atoms with Gasteiger partial charge in [-0.2, -0.15) is 0 Å². The maximum atomic E-state index is 11.3. The quantitative estimate of drug-likeness (QED) is 0.230. The molecule has 1 rings (SSSR count). The minimum atomic E-state index is -4.61. The predicted molar refractivity (Wildman–Crippen MR) is 115 cm³/mol. The van der Waals surface area contributed by atoms with Crippen molar-refractivity contribution in [2.75, 3.05) is 14.1 Å². The summed E-state index contributed by atoms with van der Waals surface area (Å²) in [6, 6.07) is 5.16. The monoisotopic (exact) mass is 443 g/mol. The molecule has 1 N–H and O–H groups in total. The molecule has 0 radical (unpaired) electrons. The fourth-order valence-electron chi connectivity index (χ4n) is 2.74. The molecule has 0 aliphatic carbocycles. The standard InChI is InChI=1S/C14H29NO.C8H8O5S/c1-4-5-6-7-8-9-10-11-12-13-14(16)15(2)3;1-6(9)13-7-4-2-3-5-8(7)14(10,11)12/h4-13H2,1-3H3;2-5H,1H3,(H,10,11,12). The van der Waals surface area contributed by atoms with Crippen molar-refractivity contribution in [1.82, 2.24) is 0 Å². The first-order valence-electron chi connectivity index (χ1n) is 10.7. The number of carbonyl (C=O) groups excluding carboxylic acids is 2. The first-order valence-corrected chi connectivity index (χ1v) is 12.1. The van der Waals surface area contributed by atoms with Crippen LogP contribution >= 0.6 is 0 Å². The molecule has 0 unspecified atom stereocenters. The molecule has 30 heavy (non-hydrogen) atoms. The molecule has 0 aliphatic heterocycles. The van der Waals surface area contributed by atoms with Crippen molar-refractivity contribution < 1.29 is 32.2 Å². The van der Waals surface area contributed by atoms with Crippen LogP contribution in [0.25, 0.3) is 0 Å². The van der Waals surface area contributed by atoms with Crippen molar-refractivity contribution in [2.24, 2.45) is 0 Å². The third kappa shape index (κ3) is 14.3. The highest BCUT2D eigenvalue weighted by Gasteiger charge is 2.10. The van der Waals surface area contributed by atoms with Gasteiger partial charge in [0.1, 0.15) is 15.9 Å².